The second-order valence-corrected chi connectivity index (χ2v) is 4.49. The van der Waals surface area contributed by atoms with Gasteiger partial charge in [0.05, 0.1) is 6.42 Å². The fourth-order valence-corrected chi connectivity index (χ4v) is 1.99. The number of rotatable bonds is 5. The molecule has 0 N–H and O–H groups in total. The van der Waals surface area contributed by atoms with Crippen molar-refractivity contribution >= 4 is 23.3 Å². The number of benzene rings is 2. The molecule has 0 saturated carbocycles. The molecule has 0 aliphatic carbocycles. The molecule has 108 valence electrons. The Hall–Kier alpha value is -2.62. The first-order valence-electron chi connectivity index (χ1n) is 6.75. The number of carbonyl (C=O) groups excluding carboxylic acids is 2. The molecule has 4 heteroatoms. The van der Waals surface area contributed by atoms with E-state index in [0.29, 0.717) is 0 Å². The number of esters is 1. The van der Waals surface area contributed by atoms with Gasteiger partial charge in [-0.1, -0.05) is 36.4 Å². The molecule has 0 heterocycles. The summed E-state index contributed by atoms with van der Waals surface area (Å²) in [4.78, 5) is 24.9. The molecule has 0 aliphatic heterocycles. The van der Waals surface area contributed by atoms with E-state index in [-0.39, 0.29) is 24.9 Å². The van der Waals surface area contributed by atoms with Crippen molar-refractivity contribution in [3.05, 3.63) is 60.7 Å². The van der Waals surface area contributed by atoms with Gasteiger partial charge in [-0.3, -0.25) is 14.5 Å². The second kappa shape index (κ2) is 7.24. The van der Waals surface area contributed by atoms with E-state index in [1.165, 1.54) is 6.92 Å². The Kier molecular flexibility index (Phi) is 5.10. The van der Waals surface area contributed by atoms with Crippen LogP contribution in [-0.4, -0.2) is 18.5 Å². The lowest BCUT2D eigenvalue weighted by Crippen LogP contribution is -2.27. The van der Waals surface area contributed by atoms with E-state index in [1.54, 1.807) is 4.90 Å². The summed E-state index contributed by atoms with van der Waals surface area (Å²) in [6.45, 7) is 1.42. The molecule has 1 amide bonds. The molecular formula is C17H17NO3. The molecular weight excluding hydrogens is 266 g/mol. The molecule has 0 aliphatic rings. The van der Waals surface area contributed by atoms with Crippen LogP contribution in [-0.2, 0) is 14.3 Å². The summed E-state index contributed by atoms with van der Waals surface area (Å²) in [5, 5.41) is 0. The second-order valence-electron chi connectivity index (χ2n) is 4.49. The van der Waals surface area contributed by atoms with Crippen LogP contribution in [0.4, 0.5) is 11.4 Å². The Morgan fingerprint density at radius 1 is 0.905 bits per heavy atom. The SMILES string of the molecule is CC(=O)OCCC(=O)N(c1ccccc1)c1ccccc1. The van der Waals surface area contributed by atoms with Crippen LogP contribution >= 0.6 is 0 Å². The van der Waals surface area contributed by atoms with Crippen molar-refractivity contribution in [1.82, 2.24) is 0 Å². The lowest BCUT2D eigenvalue weighted by atomic mass is 10.2. The van der Waals surface area contributed by atoms with Crippen LogP contribution in [0.15, 0.2) is 60.7 Å². The summed E-state index contributed by atoms with van der Waals surface area (Å²) in [6, 6.07) is 18.8. The topological polar surface area (TPSA) is 46.6 Å². The predicted octanol–water partition coefficient (Wildman–Crippen LogP) is 3.30. The Bertz CT molecular complexity index is 556. The van der Waals surface area contributed by atoms with Crippen LogP contribution in [0.25, 0.3) is 0 Å². The third kappa shape index (κ3) is 4.18. The van der Waals surface area contributed by atoms with Gasteiger partial charge >= 0.3 is 5.97 Å². The van der Waals surface area contributed by atoms with E-state index >= 15 is 0 Å². The molecule has 4 nitrogen and oxygen atoms in total. The van der Waals surface area contributed by atoms with E-state index < -0.39 is 0 Å². The van der Waals surface area contributed by atoms with Gasteiger partial charge in [0.2, 0.25) is 5.91 Å². The number of anilines is 2. The van der Waals surface area contributed by atoms with Gasteiger partial charge in [0.1, 0.15) is 6.61 Å². The molecule has 0 aromatic heterocycles. The Balaban J connectivity index is 2.21. The van der Waals surface area contributed by atoms with E-state index in [0.717, 1.165) is 11.4 Å². The average molecular weight is 283 g/mol. The smallest absolute Gasteiger partial charge is 0.302 e. The van der Waals surface area contributed by atoms with E-state index in [4.69, 9.17) is 4.74 Å². The minimum Gasteiger partial charge on any atom is -0.465 e. The van der Waals surface area contributed by atoms with E-state index in [1.807, 2.05) is 60.7 Å². The first-order valence-corrected chi connectivity index (χ1v) is 6.75. The summed E-state index contributed by atoms with van der Waals surface area (Å²) in [6.07, 6.45) is 0.142. The van der Waals surface area contributed by atoms with Gasteiger partial charge in [-0.25, -0.2) is 0 Å². The minimum absolute atomic E-state index is 0.0876. The van der Waals surface area contributed by atoms with Crippen molar-refractivity contribution in [2.75, 3.05) is 11.5 Å². The number of nitrogens with zero attached hydrogens (tertiary/aromatic N) is 1. The highest BCUT2D eigenvalue weighted by atomic mass is 16.5. The van der Waals surface area contributed by atoms with Crippen LogP contribution in [0.5, 0.6) is 0 Å². The fraction of sp³-hybridized carbons (Fsp3) is 0.176. The molecule has 2 rings (SSSR count). The Labute approximate surface area is 124 Å². The van der Waals surface area contributed by atoms with Crippen LogP contribution in [0, 0.1) is 0 Å². The maximum Gasteiger partial charge on any atom is 0.302 e. The van der Waals surface area contributed by atoms with Gasteiger partial charge in [-0.15, -0.1) is 0 Å². The number of amides is 1. The Morgan fingerprint density at radius 3 is 1.81 bits per heavy atom. The molecule has 0 radical (unpaired) electrons. The van der Waals surface area contributed by atoms with Crippen molar-refractivity contribution in [3.63, 3.8) is 0 Å². The molecule has 2 aromatic rings. The highest BCUT2D eigenvalue weighted by Gasteiger charge is 2.17. The zero-order valence-electron chi connectivity index (χ0n) is 11.9. The first-order chi connectivity index (χ1) is 10.2. The molecule has 0 fully saturated rings. The average Bonchev–Trinajstić information content (AvgIpc) is 2.49. The summed E-state index contributed by atoms with van der Waals surface area (Å²) < 4.78 is 4.85. The largest absolute Gasteiger partial charge is 0.465 e. The normalized spacial score (nSPS) is 9.95. The molecule has 0 bridgehead atoms. The zero-order chi connectivity index (χ0) is 15.1. The van der Waals surface area contributed by atoms with Crippen LogP contribution in [0.2, 0.25) is 0 Å². The van der Waals surface area contributed by atoms with E-state index in [9.17, 15) is 9.59 Å². The van der Waals surface area contributed by atoms with Crippen molar-refractivity contribution in [2.45, 2.75) is 13.3 Å². The van der Waals surface area contributed by atoms with Gasteiger partial charge in [0.25, 0.3) is 0 Å². The zero-order valence-corrected chi connectivity index (χ0v) is 11.9. The van der Waals surface area contributed by atoms with Gasteiger partial charge in [0.15, 0.2) is 0 Å². The van der Waals surface area contributed by atoms with Crippen molar-refractivity contribution < 1.29 is 14.3 Å². The highest BCUT2D eigenvalue weighted by molar-refractivity contribution is 6.00. The lowest BCUT2D eigenvalue weighted by molar-refractivity contribution is -0.141. The summed E-state index contributed by atoms with van der Waals surface area (Å²) in [7, 11) is 0. The Morgan fingerprint density at radius 2 is 1.38 bits per heavy atom. The van der Waals surface area contributed by atoms with Gasteiger partial charge < -0.3 is 4.74 Å². The molecule has 0 saturated heterocycles. The minimum atomic E-state index is -0.381. The number of para-hydroxylation sites is 2. The molecule has 21 heavy (non-hydrogen) atoms. The van der Waals surface area contributed by atoms with Crippen LogP contribution in [0.1, 0.15) is 13.3 Å². The van der Waals surface area contributed by atoms with Gasteiger partial charge in [-0.2, -0.15) is 0 Å². The summed E-state index contributed by atoms with van der Waals surface area (Å²) in [5.74, 6) is -0.498. The maximum absolute atomic E-state index is 12.5. The highest BCUT2D eigenvalue weighted by Crippen LogP contribution is 2.25. The van der Waals surface area contributed by atoms with Crippen molar-refractivity contribution in [2.24, 2.45) is 0 Å². The van der Waals surface area contributed by atoms with Crippen LogP contribution < -0.4 is 4.90 Å². The van der Waals surface area contributed by atoms with Gasteiger partial charge in [-0.05, 0) is 24.3 Å². The summed E-state index contributed by atoms with van der Waals surface area (Å²) >= 11 is 0. The van der Waals surface area contributed by atoms with E-state index in [2.05, 4.69) is 0 Å². The van der Waals surface area contributed by atoms with Gasteiger partial charge in [0, 0.05) is 18.3 Å². The number of carbonyl (C=O) groups is 2. The number of hydrogen-bond acceptors (Lipinski definition) is 3. The lowest BCUT2D eigenvalue weighted by Gasteiger charge is -2.23. The third-order valence-corrected chi connectivity index (χ3v) is 2.90. The quantitative estimate of drug-likeness (QED) is 0.791. The number of ether oxygens (including phenoxy) is 1. The summed E-state index contributed by atoms with van der Waals surface area (Å²) in [5.41, 5.74) is 1.58. The molecule has 2 aromatic carbocycles. The van der Waals surface area contributed by atoms with Crippen LogP contribution in [0.3, 0.4) is 0 Å². The predicted molar refractivity (Wildman–Crippen MR) is 81.3 cm³/mol. The monoisotopic (exact) mass is 283 g/mol. The fourth-order valence-electron chi connectivity index (χ4n) is 1.99. The van der Waals surface area contributed by atoms with Crippen molar-refractivity contribution in [1.29, 1.82) is 0 Å². The molecule has 0 spiro atoms. The van der Waals surface area contributed by atoms with Crippen molar-refractivity contribution in [3.8, 4) is 0 Å². The molecule has 0 atom stereocenters. The maximum atomic E-state index is 12.5. The number of hydrogen-bond donors (Lipinski definition) is 0. The third-order valence-electron chi connectivity index (χ3n) is 2.90. The first kappa shape index (κ1) is 14.8. The standard InChI is InChI=1S/C17H17NO3/c1-14(19)21-13-12-17(20)18(15-8-4-2-5-9-15)16-10-6-3-7-11-16/h2-11H,12-13H2,1H3. The molecule has 0 unspecified atom stereocenters.